The van der Waals surface area contributed by atoms with E-state index >= 15 is 0 Å². The highest BCUT2D eigenvalue weighted by Gasteiger charge is 2.25. The van der Waals surface area contributed by atoms with Crippen molar-refractivity contribution < 1.29 is 14.3 Å². The normalized spacial score (nSPS) is 11.5. The van der Waals surface area contributed by atoms with Crippen molar-refractivity contribution in [3.63, 3.8) is 0 Å². The number of ether oxygens (including phenoxy) is 1. The molecule has 1 aromatic rings. The molecular weight excluding hydrogens is 246 g/mol. The molecule has 3 amide bonds. The van der Waals surface area contributed by atoms with Crippen molar-refractivity contribution in [3.05, 3.63) is 29.8 Å². The molecule has 0 radical (unpaired) electrons. The molecule has 0 fully saturated rings. The zero-order valence-electron chi connectivity index (χ0n) is 10.7. The quantitative estimate of drug-likeness (QED) is 0.848. The number of imide groups is 1. The van der Waals surface area contributed by atoms with Crippen LogP contribution in [0.1, 0.15) is 19.4 Å². The van der Waals surface area contributed by atoms with Gasteiger partial charge in [-0.15, -0.1) is 0 Å². The number of hydrogen-bond donors (Lipinski definition) is 2. The number of urea groups is 1. The van der Waals surface area contributed by atoms with Crippen LogP contribution in [0, 0.1) is 17.2 Å². The van der Waals surface area contributed by atoms with Gasteiger partial charge in [0.25, 0.3) is 5.91 Å². The smallest absolute Gasteiger partial charge is 0.318 e. The summed E-state index contributed by atoms with van der Waals surface area (Å²) >= 11 is 0. The summed E-state index contributed by atoms with van der Waals surface area (Å²) in [5.74, 6) is -0.292. The van der Waals surface area contributed by atoms with Gasteiger partial charge in [0.1, 0.15) is 5.75 Å². The molecular formula is C13H15N3O3. The van der Waals surface area contributed by atoms with Crippen LogP contribution in [-0.2, 0) is 4.79 Å². The lowest BCUT2D eigenvalue weighted by Crippen LogP contribution is -2.46. The molecule has 0 bridgehead atoms. The number of nitriles is 1. The Kier molecular flexibility index (Phi) is 4.89. The van der Waals surface area contributed by atoms with Gasteiger partial charge >= 0.3 is 6.03 Å². The van der Waals surface area contributed by atoms with Crippen LogP contribution in [0.2, 0.25) is 0 Å². The lowest BCUT2D eigenvalue weighted by atomic mass is 10.1. The first-order valence-corrected chi connectivity index (χ1v) is 5.71. The Morgan fingerprint density at radius 3 is 2.32 bits per heavy atom. The van der Waals surface area contributed by atoms with Gasteiger partial charge in [0.05, 0.1) is 11.6 Å². The fraction of sp³-hybridized carbons (Fsp3) is 0.308. The minimum Gasteiger partial charge on any atom is -0.480 e. The minimum absolute atomic E-state index is 0.144. The van der Waals surface area contributed by atoms with Crippen molar-refractivity contribution in [2.45, 2.75) is 20.0 Å². The Morgan fingerprint density at radius 2 is 1.89 bits per heavy atom. The number of carbonyl (C=O) groups is 2. The topological polar surface area (TPSA) is 105 Å². The molecule has 1 atom stereocenters. The number of rotatable bonds is 4. The number of benzene rings is 1. The lowest BCUT2D eigenvalue weighted by molar-refractivity contribution is -0.128. The van der Waals surface area contributed by atoms with Gasteiger partial charge in [0.2, 0.25) is 0 Å². The van der Waals surface area contributed by atoms with E-state index in [1.807, 2.05) is 11.4 Å². The second kappa shape index (κ2) is 6.40. The molecule has 0 aliphatic carbocycles. The standard InChI is InChI=1S/C13H15N3O3/c1-8(2)11(12(17)16-13(15)18)19-10-5-3-9(7-14)4-6-10/h3-6,8,11H,1-2H3,(H3,15,16,17,18)/t11-/m1/s1. The van der Waals surface area contributed by atoms with E-state index in [2.05, 4.69) is 0 Å². The molecule has 0 heterocycles. The Hall–Kier alpha value is -2.55. The number of primary amides is 1. The number of nitrogens with two attached hydrogens (primary N) is 1. The van der Waals surface area contributed by atoms with Gasteiger partial charge in [-0.3, -0.25) is 10.1 Å². The highest BCUT2D eigenvalue weighted by atomic mass is 16.5. The highest BCUT2D eigenvalue weighted by Crippen LogP contribution is 2.17. The van der Waals surface area contributed by atoms with E-state index in [0.29, 0.717) is 11.3 Å². The van der Waals surface area contributed by atoms with Gasteiger partial charge in [0, 0.05) is 0 Å². The number of carbonyl (C=O) groups excluding carboxylic acids is 2. The maximum atomic E-state index is 11.7. The fourth-order valence-corrected chi connectivity index (χ4v) is 1.44. The van der Waals surface area contributed by atoms with Crippen LogP contribution in [0.15, 0.2) is 24.3 Å². The van der Waals surface area contributed by atoms with E-state index < -0.39 is 18.0 Å². The van der Waals surface area contributed by atoms with Gasteiger partial charge in [-0.2, -0.15) is 5.26 Å². The van der Waals surface area contributed by atoms with Crippen molar-refractivity contribution in [1.29, 1.82) is 5.26 Å². The molecule has 6 heteroatoms. The first kappa shape index (κ1) is 14.5. The molecule has 0 spiro atoms. The zero-order valence-corrected chi connectivity index (χ0v) is 10.7. The van der Waals surface area contributed by atoms with Crippen molar-refractivity contribution in [2.75, 3.05) is 0 Å². The second-order valence-corrected chi connectivity index (χ2v) is 4.27. The minimum atomic E-state index is -0.918. The van der Waals surface area contributed by atoms with Crippen molar-refractivity contribution in [3.8, 4) is 11.8 Å². The molecule has 0 aromatic heterocycles. The third-order valence-corrected chi connectivity index (χ3v) is 2.36. The summed E-state index contributed by atoms with van der Waals surface area (Å²) in [4.78, 5) is 22.4. The molecule has 0 aliphatic heterocycles. The summed E-state index contributed by atoms with van der Waals surface area (Å²) in [5, 5.41) is 10.7. The molecule has 3 N–H and O–H groups in total. The maximum Gasteiger partial charge on any atom is 0.318 e. The Labute approximate surface area is 111 Å². The van der Waals surface area contributed by atoms with E-state index in [0.717, 1.165) is 0 Å². The first-order chi connectivity index (χ1) is 8.93. The average molecular weight is 261 g/mol. The Balaban J connectivity index is 2.81. The molecule has 100 valence electrons. The monoisotopic (exact) mass is 261 g/mol. The van der Waals surface area contributed by atoms with Gasteiger partial charge in [-0.05, 0) is 30.2 Å². The maximum absolute atomic E-state index is 11.7. The number of nitrogens with zero attached hydrogens (tertiary/aromatic N) is 1. The van der Waals surface area contributed by atoms with Crippen LogP contribution < -0.4 is 15.8 Å². The summed E-state index contributed by atoms with van der Waals surface area (Å²) in [6, 6.07) is 7.41. The molecule has 1 aromatic carbocycles. The van der Waals surface area contributed by atoms with Crippen LogP contribution in [0.4, 0.5) is 4.79 Å². The first-order valence-electron chi connectivity index (χ1n) is 5.71. The van der Waals surface area contributed by atoms with E-state index in [9.17, 15) is 9.59 Å². The SMILES string of the molecule is CC(C)[C@@H](Oc1ccc(C#N)cc1)C(=O)NC(N)=O. The van der Waals surface area contributed by atoms with Gasteiger partial charge in [0.15, 0.2) is 6.10 Å². The molecule has 19 heavy (non-hydrogen) atoms. The summed E-state index contributed by atoms with van der Waals surface area (Å²) in [6.07, 6.45) is -0.833. The number of hydrogen-bond acceptors (Lipinski definition) is 4. The summed E-state index contributed by atoms with van der Waals surface area (Å²) in [5.41, 5.74) is 5.40. The average Bonchev–Trinajstić information content (AvgIpc) is 2.35. The van der Waals surface area contributed by atoms with Crippen LogP contribution >= 0.6 is 0 Å². The molecule has 0 saturated carbocycles. The summed E-state index contributed by atoms with van der Waals surface area (Å²) in [7, 11) is 0. The third-order valence-electron chi connectivity index (χ3n) is 2.36. The van der Waals surface area contributed by atoms with E-state index in [1.165, 1.54) is 0 Å². The van der Waals surface area contributed by atoms with Gasteiger partial charge < -0.3 is 10.5 Å². The Bertz CT molecular complexity index is 503. The molecule has 0 saturated heterocycles. The van der Waals surface area contributed by atoms with E-state index in [-0.39, 0.29) is 5.92 Å². The molecule has 6 nitrogen and oxygen atoms in total. The highest BCUT2D eigenvalue weighted by molar-refractivity contribution is 5.96. The van der Waals surface area contributed by atoms with Gasteiger partial charge in [-0.1, -0.05) is 13.8 Å². The van der Waals surface area contributed by atoms with Crippen LogP contribution in [0.3, 0.4) is 0 Å². The number of amides is 3. The summed E-state index contributed by atoms with van der Waals surface area (Å²) in [6.45, 7) is 3.57. The predicted octanol–water partition coefficient (Wildman–Crippen LogP) is 1.16. The van der Waals surface area contributed by atoms with E-state index in [4.69, 9.17) is 15.7 Å². The third kappa shape index (κ3) is 4.32. The van der Waals surface area contributed by atoms with E-state index in [1.54, 1.807) is 38.1 Å². The van der Waals surface area contributed by atoms with Crippen LogP contribution in [-0.4, -0.2) is 18.0 Å². The van der Waals surface area contributed by atoms with Crippen molar-refractivity contribution >= 4 is 11.9 Å². The predicted molar refractivity (Wildman–Crippen MR) is 68.1 cm³/mol. The fourth-order valence-electron chi connectivity index (χ4n) is 1.44. The lowest BCUT2D eigenvalue weighted by Gasteiger charge is -2.21. The molecule has 0 aliphatic rings. The van der Waals surface area contributed by atoms with Crippen LogP contribution in [0.5, 0.6) is 5.75 Å². The van der Waals surface area contributed by atoms with Crippen molar-refractivity contribution in [1.82, 2.24) is 5.32 Å². The largest absolute Gasteiger partial charge is 0.480 e. The van der Waals surface area contributed by atoms with Gasteiger partial charge in [-0.25, -0.2) is 4.79 Å². The Morgan fingerprint density at radius 1 is 1.32 bits per heavy atom. The van der Waals surface area contributed by atoms with Crippen molar-refractivity contribution in [2.24, 2.45) is 11.7 Å². The van der Waals surface area contributed by atoms with Crippen LogP contribution in [0.25, 0.3) is 0 Å². The molecule has 1 rings (SSSR count). The molecule has 0 unspecified atom stereocenters. The summed E-state index contributed by atoms with van der Waals surface area (Å²) < 4.78 is 5.51. The zero-order chi connectivity index (χ0) is 14.4. The number of nitrogens with one attached hydrogen (secondary N) is 1. The second-order valence-electron chi connectivity index (χ2n) is 4.27.